The predicted octanol–water partition coefficient (Wildman–Crippen LogP) is 5.47. The Morgan fingerprint density at radius 2 is 1.71 bits per heavy atom. The minimum Gasteiger partial charge on any atom is -0.118 e. The lowest BCUT2D eigenvalue weighted by atomic mass is 9.50. The summed E-state index contributed by atoms with van der Waals surface area (Å²) in [5.41, 5.74) is 3.01. The van der Waals surface area contributed by atoms with Gasteiger partial charge in [0.15, 0.2) is 0 Å². The standard InChI is InChI=1S/C20H31B/c1-2-4-15-17-10-9-16(17)14-8-7-13(14)5-3-6-20(21)19-12-11-18(15)19/h13-18H,2-12H2,1H3/b20-19+. The third-order valence-corrected chi connectivity index (χ3v) is 7.70. The van der Waals surface area contributed by atoms with Crippen LogP contribution in [0.2, 0.25) is 0 Å². The summed E-state index contributed by atoms with van der Waals surface area (Å²) in [6.07, 6.45) is 15.8. The summed E-state index contributed by atoms with van der Waals surface area (Å²) in [5.74, 6) is 6.19. The van der Waals surface area contributed by atoms with Gasteiger partial charge in [-0.3, -0.25) is 0 Å². The van der Waals surface area contributed by atoms with E-state index in [0.29, 0.717) is 0 Å². The Morgan fingerprint density at radius 1 is 0.905 bits per heavy atom. The summed E-state index contributed by atoms with van der Waals surface area (Å²) in [6, 6.07) is 0. The molecular weight excluding hydrogens is 251 g/mol. The second-order valence-corrected chi connectivity index (χ2v) is 8.45. The monoisotopic (exact) mass is 282 g/mol. The molecule has 0 aromatic heterocycles. The first-order valence-electron chi connectivity index (χ1n) is 9.77. The maximum absolute atomic E-state index is 6.50. The summed E-state index contributed by atoms with van der Waals surface area (Å²) >= 11 is 0. The van der Waals surface area contributed by atoms with Crippen molar-refractivity contribution < 1.29 is 0 Å². The summed E-state index contributed by atoms with van der Waals surface area (Å²) < 4.78 is 0. The van der Waals surface area contributed by atoms with Crippen molar-refractivity contribution in [3.8, 4) is 0 Å². The lowest BCUT2D eigenvalue weighted by molar-refractivity contribution is -0.0412. The van der Waals surface area contributed by atoms with E-state index in [4.69, 9.17) is 7.85 Å². The highest BCUT2D eigenvalue weighted by molar-refractivity contribution is 6.22. The van der Waals surface area contributed by atoms with Crippen LogP contribution in [-0.2, 0) is 0 Å². The Hall–Kier alpha value is -0.195. The van der Waals surface area contributed by atoms with Gasteiger partial charge in [0, 0.05) is 0 Å². The SMILES string of the molecule is [B]/C1=C2\CCC2C(CCC)C2CCC2C2CCC2CCC1. The maximum Gasteiger partial charge on any atom is 0.107 e. The molecule has 0 heterocycles. The maximum atomic E-state index is 6.50. The Kier molecular flexibility index (Phi) is 3.96. The van der Waals surface area contributed by atoms with Crippen LogP contribution in [0.25, 0.3) is 0 Å². The number of rotatable bonds is 2. The van der Waals surface area contributed by atoms with Gasteiger partial charge < -0.3 is 0 Å². The number of hydrogen-bond donors (Lipinski definition) is 0. The quantitative estimate of drug-likeness (QED) is 0.589. The first-order valence-corrected chi connectivity index (χ1v) is 9.77. The molecule has 0 aliphatic heterocycles. The van der Waals surface area contributed by atoms with Gasteiger partial charge in [-0.15, -0.1) is 5.47 Å². The van der Waals surface area contributed by atoms with E-state index in [1.165, 1.54) is 63.3 Å². The van der Waals surface area contributed by atoms with Crippen LogP contribution in [0.5, 0.6) is 0 Å². The summed E-state index contributed by atoms with van der Waals surface area (Å²) in [5, 5.41) is 0. The second kappa shape index (κ2) is 5.78. The van der Waals surface area contributed by atoms with Gasteiger partial charge in [0.05, 0.1) is 0 Å². The van der Waals surface area contributed by atoms with Crippen LogP contribution in [0.15, 0.2) is 11.0 Å². The molecule has 4 aliphatic carbocycles. The van der Waals surface area contributed by atoms with Gasteiger partial charge in [-0.05, 0) is 93.3 Å². The van der Waals surface area contributed by atoms with Crippen LogP contribution in [0, 0.1) is 35.5 Å². The first kappa shape index (κ1) is 14.4. The fourth-order valence-corrected chi connectivity index (χ4v) is 6.22. The zero-order chi connectivity index (χ0) is 14.4. The van der Waals surface area contributed by atoms with Gasteiger partial charge in [0.25, 0.3) is 0 Å². The number of allylic oxidation sites excluding steroid dienone is 2. The minimum absolute atomic E-state index is 0.884. The topological polar surface area (TPSA) is 0 Å². The highest BCUT2D eigenvalue weighted by atomic mass is 14.5. The Balaban J connectivity index is 1.60. The zero-order valence-electron chi connectivity index (χ0n) is 13.8. The van der Waals surface area contributed by atoms with Gasteiger partial charge in [-0.1, -0.05) is 25.3 Å². The fraction of sp³-hybridized carbons (Fsp3) is 0.900. The lowest BCUT2D eigenvalue weighted by Crippen LogP contribution is -2.46. The van der Waals surface area contributed by atoms with Crippen molar-refractivity contribution in [3.63, 3.8) is 0 Å². The summed E-state index contributed by atoms with van der Waals surface area (Å²) in [7, 11) is 6.50. The zero-order valence-corrected chi connectivity index (χ0v) is 13.8. The Labute approximate surface area is 132 Å². The van der Waals surface area contributed by atoms with Crippen LogP contribution in [0.1, 0.15) is 77.6 Å². The lowest BCUT2D eigenvalue weighted by Gasteiger charge is -2.55. The molecule has 0 spiro atoms. The van der Waals surface area contributed by atoms with Crippen LogP contribution >= 0.6 is 0 Å². The third-order valence-electron chi connectivity index (χ3n) is 7.70. The molecule has 3 saturated carbocycles. The molecular formula is C20H31B. The van der Waals surface area contributed by atoms with Gasteiger partial charge >= 0.3 is 0 Å². The Bertz CT molecular complexity index is 424. The first-order chi connectivity index (χ1) is 10.3. The van der Waals surface area contributed by atoms with Crippen molar-refractivity contribution in [1.29, 1.82) is 0 Å². The van der Waals surface area contributed by atoms with Crippen molar-refractivity contribution in [2.24, 2.45) is 35.5 Å². The molecule has 21 heavy (non-hydrogen) atoms. The number of fused-ring (bicyclic) bond motifs is 4. The molecule has 0 N–H and O–H groups in total. The average molecular weight is 282 g/mol. The van der Waals surface area contributed by atoms with Crippen molar-refractivity contribution in [1.82, 2.24) is 0 Å². The predicted molar refractivity (Wildman–Crippen MR) is 90.2 cm³/mol. The molecule has 0 saturated heterocycles. The van der Waals surface area contributed by atoms with Crippen molar-refractivity contribution in [2.45, 2.75) is 77.6 Å². The van der Waals surface area contributed by atoms with E-state index in [0.717, 1.165) is 35.5 Å². The molecule has 2 radical (unpaired) electrons. The molecule has 1 heteroatoms. The van der Waals surface area contributed by atoms with Crippen LogP contribution in [0.3, 0.4) is 0 Å². The van der Waals surface area contributed by atoms with Gasteiger partial charge in [-0.25, -0.2) is 0 Å². The molecule has 6 atom stereocenters. The van der Waals surface area contributed by atoms with Crippen LogP contribution < -0.4 is 0 Å². The largest absolute Gasteiger partial charge is 0.118 e. The van der Waals surface area contributed by atoms with E-state index in [-0.39, 0.29) is 0 Å². The molecule has 0 nitrogen and oxygen atoms in total. The molecule has 4 aliphatic rings. The van der Waals surface area contributed by atoms with Gasteiger partial charge in [-0.2, -0.15) is 0 Å². The average Bonchev–Trinajstić information content (AvgIpc) is 2.36. The van der Waals surface area contributed by atoms with E-state index in [2.05, 4.69) is 6.92 Å². The van der Waals surface area contributed by atoms with E-state index in [1.807, 2.05) is 0 Å². The molecule has 114 valence electrons. The van der Waals surface area contributed by atoms with Crippen molar-refractivity contribution >= 4 is 7.85 Å². The molecule has 0 amide bonds. The highest BCUT2D eigenvalue weighted by Gasteiger charge is 2.49. The molecule has 0 bridgehead atoms. The summed E-state index contributed by atoms with van der Waals surface area (Å²) in [4.78, 5) is 0. The Morgan fingerprint density at radius 3 is 2.29 bits per heavy atom. The minimum atomic E-state index is 0.884. The smallest absolute Gasteiger partial charge is 0.107 e. The molecule has 0 aromatic rings. The van der Waals surface area contributed by atoms with E-state index < -0.39 is 0 Å². The number of hydrogen-bond acceptors (Lipinski definition) is 0. The van der Waals surface area contributed by atoms with E-state index in [9.17, 15) is 0 Å². The normalized spacial score (nSPS) is 49.4. The van der Waals surface area contributed by atoms with E-state index in [1.54, 1.807) is 18.4 Å². The molecule has 4 rings (SSSR count). The van der Waals surface area contributed by atoms with Crippen LogP contribution in [0.4, 0.5) is 0 Å². The van der Waals surface area contributed by atoms with Gasteiger partial charge in [0.2, 0.25) is 0 Å². The van der Waals surface area contributed by atoms with Gasteiger partial charge in [0.1, 0.15) is 7.85 Å². The highest BCUT2D eigenvalue weighted by Crippen LogP contribution is 2.59. The molecule has 3 fully saturated rings. The fourth-order valence-electron chi connectivity index (χ4n) is 6.22. The van der Waals surface area contributed by atoms with Crippen LogP contribution in [-0.4, -0.2) is 7.85 Å². The second-order valence-electron chi connectivity index (χ2n) is 8.45. The van der Waals surface area contributed by atoms with E-state index >= 15 is 0 Å². The third kappa shape index (κ3) is 2.34. The molecule has 0 aromatic carbocycles. The summed E-state index contributed by atoms with van der Waals surface area (Å²) in [6.45, 7) is 2.39. The van der Waals surface area contributed by atoms with Crippen molar-refractivity contribution in [3.05, 3.63) is 11.0 Å². The molecule has 6 unspecified atom stereocenters. The van der Waals surface area contributed by atoms with Crippen molar-refractivity contribution in [2.75, 3.05) is 0 Å².